The van der Waals surface area contributed by atoms with Crippen molar-refractivity contribution >= 4 is 12.0 Å². The van der Waals surface area contributed by atoms with Gasteiger partial charge in [0, 0.05) is 18.7 Å². The molecule has 0 radical (unpaired) electrons. The Hall–Kier alpha value is -3.72. The SMILES string of the molecule is COc1cc(/C=C(\C#N)C(=O)NCCN)ccc1OCc1ccc(C(F)(F)F)cc1C(F)(F)F. The molecule has 1 amide bonds. The van der Waals surface area contributed by atoms with Crippen LogP contribution in [0.4, 0.5) is 26.3 Å². The number of rotatable bonds is 8. The number of ether oxygens (including phenoxy) is 2. The van der Waals surface area contributed by atoms with E-state index in [1.165, 1.54) is 31.4 Å². The molecule has 2 aromatic carbocycles. The summed E-state index contributed by atoms with van der Waals surface area (Å²) < 4.78 is 89.0. The third-order valence-corrected chi connectivity index (χ3v) is 4.42. The van der Waals surface area contributed by atoms with Gasteiger partial charge in [0.2, 0.25) is 0 Å². The second-order valence-electron chi connectivity index (χ2n) is 6.78. The van der Waals surface area contributed by atoms with Crippen LogP contribution in [0.5, 0.6) is 11.5 Å². The summed E-state index contributed by atoms with van der Waals surface area (Å²) >= 11 is 0. The van der Waals surface area contributed by atoms with Crippen LogP contribution in [-0.2, 0) is 23.8 Å². The van der Waals surface area contributed by atoms with Gasteiger partial charge >= 0.3 is 12.4 Å². The maximum absolute atomic E-state index is 13.3. The second kappa shape index (κ2) is 10.9. The van der Waals surface area contributed by atoms with Gasteiger partial charge < -0.3 is 20.5 Å². The summed E-state index contributed by atoms with van der Waals surface area (Å²) in [5.74, 6) is -0.582. The second-order valence-corrected chi connectivity index (χ2v) is 6.78. The first-order valence-corrected chi connectivity index (χ1v) is 9.59. The van der Waals surface area contributed by atoms with E-state index in [0.29, 0.717) is 17.7 Å². The quantitative estimate of drug-likeness (QED) is 0.329. The van der Waals surface area contributed by atoms with Gasteiger partial charge in [-0.25, -0.2) is 0 Å². The number of nitrogens with one attached hydrogen (secondary N) is 1. The summed E-state index contributed by atoms with van der Waals surface area (Å²) in [4.78, 5) is 11.9. The number of nitrogens with two attached hydrogens (primary N) is 1. The summed E-state index contributed by atoms with van der Waals surface area (Å²) in [7, 11) is 1.26. The molecule has 0 spiro atoms. The van der Waals surface area contributed by atoms with Crippen LogP contribution in [-0.4, -0.2) is 26.1 Å². The number of hydrogen-bond donors (Lipinski definition) is 2. The number of amides is 1. The Bertz CT molecular complexity index is 1100. The van der Waals surface area contributed by atoms with Gasteiger partial charge in [0.1, 0.15) is 18.2 Å². The molecule has 2 rings (SSSR count). The lowest BCUT2D eigenvalue weighted by molar-refractivity contribution is -0.143. The van der Waals surface area contributed by atoms with Gasteiger partial charge in [-0.1, -0.05) is 12.1 Å². The molecule has 0 atom stereocenters. The van der Waals surface area contributed by atoms with E-state index in [-0.39, 0.29) is 36.2 Å². The van der Waals surface area contributed by atoms with Crippen LogP contribution >= 0.6 is 0 Å². The van der Waals surface area contributed by atoms with Gasteiger partial charge in [-0.15, -0.1) is 0 Å². The standard InChI is InChI=1S/C22H19F6N3O3/c1-33-19-9-13(8-15(11-30)20(32)31-7-6-29)2-5-18(19)34-12-14-3-4-16(21(23,24)25)10-17(14)22(26,27)28/h2-5,8-10H,6-7,12,29H2,1H3,(H,31,32)/b15-8+. The third kappa shape index (κ3) is 6.89. The number of nitrogens with zero attached hydrogens (tertiary/aromatic N) is 1. The number of benzene rings is 2. The molecule has 0 saturated heterocycles. The van der Waals surface area contributed by atoms with E-state index in [9.17, 15) is 36.4 Å². The minimum atomic E-state index is -5.03. The van der Waals surface area contributed by atoms with E-state index >= 15 is 0 Å². The first-order chi connectivity index (χ1) is 15.9. The molecule has 2 aromatic rings. The van der Waals surface area contributed by atoms with Crippen molar-refractivity contribution in [3.8, 4) is 17.6 Å². The molecule has 0 aliphatic heterocycles. The average Bonchev–Trinajstić information content (AvgIpc) is 2.78. The molecular formula is C22H19F6N3O3. The van der Waals surface area contributed by atoms with Crippen molar-refractivity contribution < 1.29 is 40.6 Å². The Balaban J connectivity index is 2.30. The molecule has 0 aliphatic carbocycles. The summed E-state index contributed by atoms with van der Waals surface area (Å²) in [6.45, 7) is -0.347. The number of halogens is 6. The lowest BCUT2D eigenvalue weighted by Gasteiger charge is -2.17. The summed E-state index contributed by atoms with van der Waals surface area (Å²) in [5.41, 5.74) is 2.03. The van der Waals surface area contributed by atoms with Crippen molar-refractivity contribution in [1.82, 2.24) is 5.32 Å². The molecule has 0 bridgehead atoms. The van der Waals surface area contributed by atoms with E-state index in [2.05, 4.69) is 5.32 Å². The van der Waals surface area contributed by atoms with Gasteiger partial charge in [-0.3, -0.25) is 4.79 Å². The summed E-state index contributed by atoms with van der Waals surface area (Å²) in [6, 6.07) is 7.14. The predicted octanol–water partition coefficient (Wildman–Crippen LogP) is 4.29. The monoisotopic (exact) mass is 487 g/mol. The van der Waals surface area contributed by atoms with Crippen molar-refractivity contribution in [3.05, 3.63) is 64.2 Å². The highest BCUT2D eigenvalue weighted by Crippen LogP contribution is 2.38. The lowest BCUT2D eigenvalue weighted by atomic mass is 10.0. The van der Waals surface area contributed by atoms with E-state index in [4.69, 9.17) is 15.2 Å². The summed E-state index contributed by atoms with van der Waals surface area (Å²) in [5, 5.41) is 11.6. The van der Waals surface area contributed by atoms with Gasteiger partial charge in [-0.2, -0.15) is 31.6 Å². The van der Waals surface area contributed by atoms with E-state index < -0.39 is 41.6 Å². The topological polar surface area (TPSA) is 97.4 Å². The Morgan fingerprint density at radius 2 is 1.79 bits per heavy atom. The number of carbonyl (C=O) groups is 1. The van der Waals surface area contributed by atoms with Crippen LogP contribution in [0.2, 0.25) is 0 Å². The van der Waals surface area contributed by atoms with Gasteiger partial charge in [-0.05, 0) is 35.9 Å². The van der Waals surface area contributed by atoms with Crippen molar-refractivity contribution in [2.45, 2.75) is 19.0 Å². The molecule has 0 unspecified atom stereocenters. The highest BCUT2D eigenvalue weighted by molar-refractivity contribution is 6.01. The number of hydrogen-bond acceptors (Lipinski definition) is 5. The summed E-state index contributed by atoms with van der Waals surface area (Å²) in [6.07, 6.45) is -8.71. The highest BCUT2D eigenvalue weighted by atomic mass is 19.4. The Labute approximate surface area is 190 Å². The highest BCUT2D eigenvalue weighted by Gasteiger charge is 2.38. The zero-order chi connectivity index (χ0) is 25.5. The number of methoxy groups -OCH3 is 1. The fourth-order valence-electron chi connectivity index (χ4n) is 2.79. The van der Waals surface area contributed by atoms with Crippen LogP contribution in [0.1, 0.15) is 22.3 Å². The van der Waals surface area contributed by atoms with Crippen LogP contribution < -0.4 is 20.5 Å². The van der Waals surface area contributed by atoms with Crippen LogP contribution in [0, 0.1) is 11.3 Å². The maximum Gasteiger partial charge on any atom is 0.416 e. The average molecular weight is 487 g/mol. The lowest BCUT2D eigenvalue weighted by Crippen LogP contribution is -2.29. The smallest absolute Gasteiger partial charge is 0.416 e. The van der Waals surface area contributed by atoms with Crippen molar-refractivity contribution in [2.24, 2.45) is 5.73 Å². The van der Waals surface area contributed by atoms with Crippen molar-refractivity contribution in [3.63, 3.8) is 0 Å². The normalized spacial score (nSPS) is 12.1. The zero-order valence-corrected chi connectivity index (χ0v) is 17.7. The van der Waals surface area contributed by atoms with Crippen LogP contribution in [0.25, 0.3) is 6.08 Å². The predicted molar refractivity (Wildman–Crippen MR) is 109 cm³/mol. The molecule has 0 saturated carbocycles. The molecule has 3 N–H and O–H groups in total. The van der Waals surface area contributed by atoms with Crippen LogP contribution in [0.3, 0.4) is 0 Å². The Kier molecular flexibility index (Phi) is 8.53. The van der Waals surface area contributed by atoms with Gasteiger partial charge in [0.15, 0.2) is 11.5 Å². The third-order valence-electron chi connectivity index (χ3n) is 4.42. The maximum atomic E-state index is 13.3. The molecular weight excluding hydrogens is 468 g/mol. The Morgan fingerprint density at radius 1 is 1.09 bits per heavy atom. The van der Waals surface area contributed by atoms with Crippen LogP contribution in [0.15, 0.2) is 42.0 Å². The molecule has 34 heavy (non-hydrogen) atoms. The zero-order valence-electron chi connectivity index (χ0n) is 17.7. The van der Waals surface area contributed by atoms with Crippen molar-refractivity contribution in [2.75, 3.05) is 20.2 Å². The fraction of sp³-hybridized carbons (Fsp3) is 0.273. The minimum absolute atomic E-state index is 0.00115. The van der Waals surface area contributed by atoms with Gasteiger partial charge in [0.25, 0.3) is 5.91 Å². The molecule has 0 heterocycles. The minimum Gasteiger partial charge on any atom is -0.493 e. The van der Waals surface area contributed by atoms with E-state index in [1.807, 2.05) is 0 Å². The molecule has 0 fully saturated rings. The largest absolute Gasteiger partial charge is 0.493 e. The first-order valence-electron chi connectivity index (χ1n) is 9.59. The molecule has 0 aliphatic rings. The first kappa shape index (κ1) is 26.5. The Morgan fingerprint density at radius 3 is 2.35 bits per heavy atom. The molecule has 182 valence electrons. The fourth-order valence-corrected chi connectivity index (χ4v) is 2.79. The van der Waals surface area contributed by atoms with Crippen molar-refractivity contribution in [1.29, 1.82) is 5.26 Å². The number of nitriles is 1. The number of alkyl halides is 6. The van der Waals surface area contributed by atoms with E-state index in [0.717, 1.165) is 0 Å². The molecule has 6 nitrogen and oxygen atoms in total. The molecule has 12 heteroatoms. The van der Waals surface area contributed by atoms with Gasteiger partial charge in [0.05, 0.1) is 18.2 Å². The molecule has 0 aromatic heterocycles. The number of carbonyl (C=O) groups excluding carboxylic acids is 1. The van der Waals surface area contributed by atoms with E-state index in [1.54, 1.807) is 6.07 Å².